The topological polar surface area (TPSA) is 71.0 Å². The van der Waals surface area contributed by atoms with E-state index in [4.69, 9.17) is 4.74 Å². The first-order chi connectivity index (χ1) is 9.58. The van der Waals surface area contributed by atoms with Gasteiger partial charge in [-0.3, -0.25) is 0 Å². The van der Waals surface area contributed by atoms with Gasteiger partial charge >= 0.3 is 12.0 Å². The Balaban J connectivity index is 2.12. The molecule has 0 saturated carbocycles. The van der Waals surface area contributed by atoms with E-state index in [2.05, 4.69) is 10.4 Å². The number of urea groups is 1. The normalized spacial score (nSPS) is 20.8. The second kappa shape index (κ2) is 5.73. The van der Waals surface area contributed by atoms with Crippen molar-refractivity contribution in [2.24, 2.45) is 5.10 Å². The van der Waals surface area contributed by atoms with Crippen LogP contribution < -0.4 is 5.32 Å². The third-order valence-corrected chi connectivity index (χ3v) is 3.09. The highest BCUT2D eigenvalue weighted by molar-refractivity contribution is 5.97. The van der Waals surface area contributed by atoms with Crippen LogP contribution in [0.3, 0.4) is 0 Å². The highest BCUT2D eigenvalue weighted by Crippen LogP contribution is 2.26. The average Bonchev–Trinajstić information content (AvgIpc) is 2.84. The van der Waals surface area contributed by atoms with E-state index in [1.807, 2.05) is 18.2 Å². The van der Waals surface area contributed by atoms with E-state index in [1.54, 1.807) is 32.2 Å². The first kappa shape index (κ1) is 14.0. The summed E-state index contributed by atoms with van der Waals surface area (Å²) in [6.45, 7) is 3.64. The lowest BCUT2D eigenvalue weighted by Gasteiger charge is -2.30. The second-order valence-electron chi connectivity index (χ2n) is 4.60. The smallest absolute Gasteiger partial charge is 0.343 e. The number of para-hydroxylation sites is 1. The molecule has 2 rings (SSSR count). The minimum absolute atomic E-state index is 0.266. The quantitative estimate of drug-likeness (QED) is 0.860. The summed E-state index contributed by atoms with van der Waals surface area (Å²) >= 11 is 0. The van der Waals surface area contributed by atoms with Gasteiger partial charge in [0.25, 0.3) is 0 Å². The molecule has 0 saturated heterocycles. The molecule has 106 valence electrons. The Morgan fingerprint density at radius 3 is 2.75 bits per heavy atom. The standard InChI is InChI=1S/C14H17N3O3/c1-3-20-12(18)14(2)9-10-15-17(14)13(19)16-11-7-5-4-6-8-11/h4-8,10H,3,9H2,1-2H3,(H,16,19). The molecular weight excluding hydrogens is 258 g/mol. The molecule has 0 fully saturated rings. The van der Waals surface area contributed by atoms with E-state index < -0.39 is 17.5 Å². The van der Waals surface area contributed by atoms with Crippen LogP contribution in [0.1, 0.15) is 20.3 Å². The summed E-state index contributed by atoms with van der Waals surface area (Å²) in [5, 5.41) is 7.82. The number of anilines is 1. The number of nitrogens with one attached hydrogen (secondary N) is 1. The lowest BCUT2D eigenvalue weighted by Crippen LogP contribution is -2.51. The fourth-order valence-electron chi connectivity index (χ4n) is 1.94. The molecule has 1 aromatic rings. The SMILES string of the molecule is CCOC(=O)C1(C)CC=NN1C(=O)Nc1ccccc1. The molecule has 1 N–H and O–H groups in total. The number of carbonyl (C=O) groups excluding carboxylic acids is 2. The number of hydrogen-bond acceptors (Lipinski definition) is 4. The Hall–Kier alpha value is -2.37. The molecule has 0 radical (unpaired) electrons. The highest BCUT2D eigenvalue weighted by atomic mass is 16.5. The zero-order chi connectivity index (χ0) is 14.6. The molecule has 0 aromatic heterocycles. The molecule has 1 atom stereocenters. The van der Waals surface area contributed by atoms with Gasteiger partial charge in [0.2, 0.25) is 0 Å². The van der Waals surface area contributed by atoms with Gasteiger partial charge in [-0.15, -0.1) is 0 Å². The van der Waals surface area contributed by atoms with Gasteiger partial charge in [-0.05, 0) is 26.0 Å². The van der Waals surface area contributed by atoms with Crippen LogP contribution in [-0.4, -0.2) is 35.4 Å². The fraction of sp³-hybridized carbons (Fsp3) is 0.357. The summed E-state index contributed by atoms with van der Waals surface area (Å²) in [6, 6.07) is 8.55. The maximum atomic E-state index is 12.2. The number of nitrogens with zero attached hydrogens (tertiary/aromatic N) is 2. The van der Waals surface area contributed by atoms with Gasteiger partial charge in [-0.1, -0.05) is 18.2 Å². The molecule has 1 aromatic carbocycles. The summed E-state index contributed by atoms with van der Waals surface area (Å²) < 4.78 is 5.02. The van der Waals surface area contributed by atoms with Crippen LogP contribution in [0.4, 0.5) is 10.5 Å². The number of rotatable bonds is 3. The number of carbonyl (C=O) groups is 2. The lowest BCUT2D eigenvalue weighted by atomic mass is 9.99. The van der Waals surface area contributed by atoms with E-state index in [9.17, 15) is 9.59 Å². The molecule has 1 unspecified atom stereocenters. The van der Waals surface area contributed by atoms with Gasteiger partial charge in [-0.25, -0.2) is 9.59 Å². The summed E-state index contributed by atoms with van der Waals surface area (Å²) in [5.74, 6) is -0.458. The molecule has 1 aliphatic heterocycles. The van der Waals surface area contributed by atoms with Crippen LogP contribution in [-0.2, 0) is 9.53 Å². The number of benzene rings is 1. The van der Waals surface area contributed by atoms with E-state index in [-0.39, 0.29) is 6.61 Å². The summed E-state index contributed by atoms with van der Waals surface area (Å²) in [4.78, 5) is 24.2. The zero-order valence-corrected chi connectivity index (χ0v) is 11.5. The summed E-state index contributed by atoms with van der Waals surface area (Å²) in [7, 11) is 0. The molecule has 1 heterocycles. The lowest BCUT2D eigenvalue weighted by molar-refractivity contribution is -0.153. The Morgan fingerprint density at radius 2 is 2.10 bits per heavy atom. The first-order valence-electron chi connectivity index (χ1n) is 6.44. The van der Waals surface area contributed by atoms with Crippen molar-refractivity contribution in [3.63, 3.8) is 0 Å². The van der Waals surface area contributed by atoms with Crippen molar-refractivity contribution in [1.29, 1.82) is 0 Å². The van der Waals surface area contributed by atoms with Crippen molar-refractivity contribution in [3.8, 4) is 0 Å². The number of hydrazone groups is 1. The van der Waals surface area contributed by atoms with E-state index in [0.717, 1.165) is 5.01 Å². The number of esters is 1. The van der Waals surface area contributed by atoms with Gasteiger partial charge in [0, 0.05) is 18.3 Å². The third-order valence-electron chi connectivity index (χ3n) is 3.09. The molecule has 6 heteroatoms. The maximum absolute atomic E-state index is 12.2. The molecule has 6 nitrogen and oxygen atoms in total. The maximum Gasteiger partial charge on any atom is 0.343 e. The predicted molar refractivity (Wildman–Crippen MR) is 75.4 cm³/mol. The van der Waals surface area contributed by atoms with Crippen molar-refractivity contribution in [2.75, 3.05) is 11.9 Å². The number of amides is 2. The van der Waals surface area contributed by atoms with E-state index in [0.29, 0.717) is 12.1 Å². The minimum Gasteiger partial charge on any atom is -0.464 e. The monoisotopic (exact) mass is 275 g/mol. The summed E-state index contributed by atoms with van der Waals surface area (Å²) in [6.07, 6.45) is 1.88. The van der Waals surface area contributed by atoms with Crippen LogP contribution in [0.2, 0.25) is 0 Å². The molecule has 20 heavy (non-hydrogen) atoms. The van der Waals surface area contributed by atoms with Crippen molar-refractivity contribution in [3.05, 3.63) is 30.3 Å². The van der Waals surface area contributed by atoms with E-state index >= 15 is 0 Å². The largest absolute Gasteiger partial charge is 0.464 e. The molecule has 0 spiro atoms. The van der Waals surface area contributed by atoms with Crippen LogP contribution >= 0.6 is 0 Å². The van der Waals surface area contributed by atoms with Gasteiger partial charge in [0.15, 0.2) is 5.54 Å². The Bertz CT molecular complexity index is 530. The van der Waals surface area contributed by atoms with Crippen LogP contribution in [0, 0.1) is 0 Å². The molecule has 0 aliphatic carbocycles. The molecular formula is C14H17N3O3. The average molecular weight is 275 g/mol. The first-order valence-corrected chi connectivity index (χ1v) is 6.44. The molecule has 1 aliphatic rings. The van der Waals surface area contributed by atoms with Crippen molar-refractivity contribution in [1.82, 2.24) is 5.01 Å². The van der Waals surface area contributed by atoms with Gasteiger partial charge in [-0.2, -0.15) is 10.1 Å². The Kier molecular flexibility index (Phi) is 4.02. The zero-order valence-electron chi connectivity index (χ0n) is 11.5. The second-order valence-corrected chi connectivity index (χ2v) is 4.60. The Labute approximate surface area is 117 Å². The Morgan fingerprint density at radius 1 is 1.40 bits per heavy atom. The van der Waals surface area contributed by atoms with Gasteiger partial charge in [0.1, 0.15) is 0 Å². The van der Waals surface area contributed by atoms with Crippen molar-refractivity contribution in [2.45, 2.75) is 25.8 Å². The van der Waals surface area contributed by atoms with E-state index in [1.165, 1.54) is 0 Å². The van der Waals surface area contributed by atoms with Crippen molar-refractivity contribution < 1.29 is 14.3 Å². The van der Waals surface area contributed by atoms with Crippen LogP contribution in [0.15, 0.2) is 35.4 Å². The molecule has 2 amide bonds. The fourth-order valence-corrected chi connectivity index (χ4v) is 1.94. The predicted octanol–water partition coefficient (Wildman–Crippen LogP) is 2.23. The van der Waals surface area contributed by atoms with Crippen LogP contribution in [0.25, 0.3) is 0 Å². The van der Waals surface area contributed by atoms with Crippen molar-refractivity contribution >= 4 is 23.9 Å². The van der Waals surface area contributed by atoms with Crippen LogP contribution in [0.5, 0.6) is 0 Å². The number of ether oxygens (including phenoxy) is 1. The summed E-state index contributed by atoms with van der Waals surface area (Å²) in [5.41, 5.74) is -0.444. The van der Waals surface area contributed by atoms with Gasteiger partial charge < -0.3 is 10.1 Å². The minimum atomic E-state index is -1.09. The third kappa shape index (κ3) is 2.64. The molecule has 0 bridgehead atoms. The van der Waals surface area contributed by atoms with Gasteiger partial charge in [0.05, 0.1) is 6.61 Å². The number of hydrogen-bond donors (Lipinski definition) is 1. The highest BCUT2D eigenvalue weighted by Gasteiger charge is 2.46.